The van der Waals surface area contributed by atoms with E-state index in [0.29, 0.717) is 10.4 Å². The molecule has 1 heterocycles. The number of thiophene rings is 1. The van der Waals surface area contributed by atoms with Crippen LogP contribution in [0.15, 0.2) is 36.4 Å². The number of benzene rings is 1. The number of amides is 1. The molecule has 1 saturated carbocycles. The molecule has 3 rings (SSSR count). The molecule has 1 aromatic heterocycles. The van der Waals surface area contributed by atoms with Gasteiger partial charge in [0, 0.05) is 35.9 Å². The molecule has 126 valence electrons. The second-order valence-corrected chi connectivity index (χ2v) is 7.47. The maximum Gasteiger partial charge on any atom is 0.223 e. The molecule has 1 aliphatic carbocycles. The Morgan fingerprint density at radius 3 is 2.54 bits per heavy atom. The van der Waals surface area contributed by atoms with Crippen molar-refractivity contribution >= 4 is 23.0 Å². The Morgan fingerprint density at radius 2 is 1.92 bits per heavy atom. The normalized spacial score (nSPS) is 13.8. The minimum atomic E-state index is -0.291. The summed E-state index contributed by atoms with van der Waals surface area (Å²) in [6.07, 6.45) is 2.30. The van der Waals surface area contributed by atoms with Gasteiger partial charge in [-0.2, -0.15) is 0 Å². The van der Waals surface area contributed by atoms with E-state index in [1.165, 1.54) is 17.4 Å². The highest BCUT2D eigenvalue weighted by Gasteiger charge is 2.32. The second kappa shape index (κ2) is 7.26. The van der Waals surface area contributed by atoms with Crippen LogP contribution in [0, 0.1) is 12.7 Å². The fourth-order valence-corrected chi connectivity index (χ4v) is 3.52. The molecule has 0 saturated heterocycles. The third kappa shape index (κ3) is 4.09. The molecule has 0 radical (unpaired) electrons. The van der Waals surface area contributed by atoms with Crippen LogP contribution in [0.4, 0.5) is 4.39 Å². The SMILES string of the molecule is Cc1ccc(C(=O)CCC(=O)N(Cc2ccccc2F)C2CC2)s1. The van der Waals surface area contributed by atoms with Crippen LogP contribution in [-0.4, -0.2) is 22.6 Å². The Bertz CT molecular complexity index is 751. The summed E-state index contributed by atoms with van der Waals surface area (Å²) in [5.41, 5.74) is 0.526. The third-order valence-corrected chi connectivity index (χ3v) is 5.23. The van der Waals surface area contributed by atoms with E-state index in [-0.39, 0.29) is 42.9 Å². The van der Waals surface area contributed by atoms with Crippen molar-refractivity contribution < 1.29 is 14.0 Å². The molecular weight excluding hydrogens is 325 g/mol. The lowest BCUT2D eigenvalue weighted by atomic mass is 10.1. The van der Waals surface area contributed by atoms with E-state index < -0.39 is 0 Å². The maximum atomic E-state index is 13.8. The van der Waals surface area contributed by atoms with Crippen molar-refractivity contribution in [3.8, 4) is 0 Å². The smallest absolute Gasteiger partial charge is 0.223 e. The van der Waals surface area contributed by atoms with Crippen LogP contribution < -0.4 is 0 Å². The number of ketones is 1. The average molecular weight is 345 g/mol. The van der Waals surface area contributed by atoms with E-state index in [1.54, 1.807) is 23.1 Å². The monoisotopic (exact) mass is 345 g/mol. The van der Waals surface area contributed by atoms with Gasteiger partial charge in [0.05, 0.1) is 4.88 Å². The number of hydrogen-bond acceptors (Lipinski definition) is 3. The summed E-state index contributed by atoms with van der Waals surface area (Å²) in [6.45, 7) is 2.23. The van der Waals surface area contributed by atoms with E-state index in [9.17, 15) is 14.0 Å². The minimum absolute atomic E-state index is 0.00286. The summed E-state index contributed by atoms with van der Waals surface area (Å²) in [5, 5.41) is 0. The molecule has 0 atom stereocenters. The number of halogens is 1. The third-order valence-electron chi connectivity index (χ3n) is 4.19. The van der Waals surface area contributed by atoms with E-state index in [0.717, 1.165) is 17.7 Å². The van der Waals surface area contributed by atoms with Crippen LogP contribution in [0.3, 0.4) is 0 Å². The van der Waals surface area contributed by atoms with E-state index in [4.69, 9.17) is 0 Å². The first-order valence-electron chi connectivity index (χ1n) is 8.17. The molecule has 24 heavy (non-hydrogen) atoms. The topological polar surface area (TPSA) is 37.4 Å². The van der Waals surface area contributed by atoms with Gasteiger partial charge in [0.2, 0.25) is 5.91 Å². The highest BCUT2D eigenvalue weighted by Crippen LogP contribution is 2.30. The molecular formula is C19H20FNO2S. The van der Waals surface area contributed by atoms with Gasteiger partial charge in [-0.3, -0.25) is 9.59 Å². The molecule has 0 N–H and O–H groups in total. The quantitative estimate of drug-likeness (QED) is 0.700. The lowest BCUT2D eigenvalue weighted by Crippen LogP contribution is -2.33. The summed E-state index contributed by atoms with van der Waals surface area (Å²) >= 11 is 1.46. The molecule has 1 fully saturated rings. The van der Waals surface area contributed by atoms with Gasteiger partial charge in [-0.05, 0) is 38.0 Å². The molecule has 0 bridgehead atoms. The average Bonchev–Trinajstić information content (AvgIpc) is 3.32. The highest BCUT2D eigenvalue weighted by atomic mass is 32.1. The van der Waals surface area contributed by atoms with E-state index in [1.807, 2.05) is 19.1 Å². The number of carbonyl (C=O) groups is 2. The van der Waals surface area contributed by atoms with Gasteiger partial charge >= 0.3 is 0 Å². The van der Waals surface area contributed by atoms with Crippen LogP contribution in [0.1, 0.15) is 45.8 Å². The van der Waals surface area contributed by atoms with Gasteiger partial charge < -0.3 is 4.90 Å². The van der Waals surface area contributed by atoms with Crippen LogP contribution in [0.25, 0.3) is 0 Å². The van der Waals surface area contributed by atoms with Crippen molar-refractivity contribution in [2.24, 2.45) is 0 Å². The van der Waals surface area contributed by atoms with Crippen molar-refractivity contribution in [2.45, 2.75) is 45.2 Å². The zero-order valence-corrected chi connectivity index (χ0v) is 14.4. The number of rotatable bonds is 7. The maximum absolute atomic E-state index is 13.8. The molecule has 1 aliphatic rings. The first-order valence-corrected chi connectivity index (χ1v) is 8.99. The van der Waals surface area contributed by atoms with Gasteiger partial charge in [0.15, 0.2) is 5.78 Å². The summed E-state index contributed by atoms with van der Waals surface area (Å²) in [7, 11) is 0. The fourth-order valence-electron chi connectivity index (χ4n) is 2.69. The van der Waals surface area contributed by atoms with Crippen molar-refractivity contribution in [1.82, 2.24) is 4.90 Å². The lowest BCUT2D eigenvalue weighted by molar-refractivity contribution is -0.132. The zero-order valence-electron chi connectivity index (χ0n) is 13.6. The molecule has 1 amide bonds. The summed E-state index contributed by atoms with van der Waals surface area (Å²) in [5.74, 6) is -0.355. The first kappa shape index (κ1) is 16.8. The van der Waals surface area contributed by atoms with E-state index in [2.05, 4.69) is 0 Å². The number of nitrogens with zero attached hydrogens (tertiary/aromatic N) is 1. The van der Waals surface area contributed by atoms with Gasteiger partial charge in [0.25, 0.3) is 0 Å². The fraction of sp³-hybridized carbons (Fsp3) is 0.368. The molecule has 2 aromatic rings. The Morgan fingerprint density at radius 1 is 1.17 bits per heavy atom. The molecule has 0 aliphatic heterocycles. The summed E-state index contributed by atoms with van der Waals surface area (Å²) in [4.78, 5) is 28.2. The number of Topliss-reactive ketones (excluding diaryl/α,β-unsaturated/α-hetero) is 1. The predicted molar refractivity (Wildman–Crippen MR) is 92.6 cm³/mol. The molecule has 3 nitrogen and oxygen atoms in total. The largest absolute Gasteiger partial charge is 0.335 e. The molecule has 0 unspecified atom stereocenters. The van der Waals surface area contributed by atoms with Gasteiger partial charge in [-0.1, -0.05) is 18.2 Å². The van der Waals surface area contributed by atoms with Crippen LogP contribution in [-0.2, 0) is 11.3 Å². The Hall–Kier alpha value is -2.01. The van der Waals surface area contributed by atoms with Crippen molar-refractivity contribution in [3.05, 3.63) is 57.5 Å². The van der Waals surface area contributed by atoms with Gasteiger partial charge in [-0.25, -0.2) is 4.39 Å². The Balaban J connectivity index is 1.61. The summed E-state index contributed by atoms with van der Waals surface area (Å²) < 4.78 is 13.8. The number of carbonyl (C=O) groups excluding carboxylic acids is 2. The van der Waals surface area contributed by atoms with Crippen LogP contribution >= 0.6 is 11.3 Å². The standard InChI is InChI=1S/C19H20FNO2S/c1-13-6-10-18(24-13)17(22)9-11-19(23)21(15-7-8-15)12-14-4-2-3-5-16(14)20/h2-6,10,15H,7-9,11-12H2,1H3. The Kier molecular flexibility index (Phi) is 5.09. The number of aryl methyl sites for hydroxylation is 1. The summed E-state index contributed by atoms with van der Waals surface area (Å²) in [6, 6.07) is 10.4. The predicted octanol–water partition coefficient (Wildman–Crippen LogP) is 4.35. The highest BCUT2D eigenvalue weighted by molar-refractivity contribution is 7.14. The van der Waals surface area contributed by atoms with Gasteiger partial charge in [-0.15, -0.1) is 11.3 Å². The molecule has 0 spiro atoms. The zero-order chi connectivity index (χ0) is 17.1. The van der Waals surface area contributed by atoms with Gasteiger partial charge in [0.1, 0.15) is 5.82 Å². The minimum Gasteiger partial charge on any atom is -0.335 e. The van der Waals surface area contributed by atoms with Crippen molar-refractivity contribution in [3.63, 3.8) is 0 Å². The Labute approximate surface area is 145 Å². The molecule has 1 aromatic carbocycles. The number of hydrogen-bond donors (Lipinski definition) is 0. The van der Waals surface area contributed by atoms with Crippen molar-refractivity contribution in [2.75, 3.05) is 0 Å². The van der Waals surface area contributed by atoms with Crippen molar-refractivity contribution in [1.29, 1.82) is 0 Å². The van der Waals surface area contributed by atoms with E-state index >= 15 is 0 Å². The van der Waals surface area contributed by atoms with Crippen LogP contribution in [0.2, 0.25) is 0 Å². The first-order chi connectivity index (χ1) is 11.5. The lowest BCUT2D eigenvalue weighted by Gasteiger charge is -2.22. The second-order valence-electron chi connectivity index (χ2n) is 6.18. The molecule has 5 heteroatoms. The van der Waals surface area contributed by atoms with Crippen LogP contribution in [0.5, 0.6) is 0 Å².